The topological polar surface area (TPSA) is 102 Å². The van der Waals surface area contributed by atoms with Crippen molar-refractivity contribution < 1.29 is 28.7 Å². The van der Waals surface area contributed by atoms with E-state index in [2.05, 4.69) is 5.32 Å². The number of imide groups is 1. The first-order valence-corrected chi connectivity index (χ1v) is 11.6. The zero-order valence-corrected chi connectivity index (χ0v) is 19.9. The fourth-order valence-electron chi connectivity index (χ4n) is 4.45. The Morgan fingerprint density at radius 3 is 2.34 bits per heavy atom. The first kappa shape index (κ1) is 24.5. The summed E-state index contributed by atoms with van der Waals surface area (Å²) in [5.41, 5.74) is 1.08. The summed E-state index contributed by atoms with van der Waals surface area (Å²) in [6, 6.07) is 12.6. The quantitative estimate of drug-likeness (QED) is 0.341. The Balaban J connectivity index is 1.49. The van der Waals surface area contributed by atoms with Gasteiger partial charge in [0.1, 0.15) is 11.8 Å². The average molecular weight is 497 g/mol. The minimum atomic E-state index is -1.17. The molecular formula is C26H25ClN2O6. The molecule has 0 radical (unpaired) electrons. The highest BCUT2D eigenvalue weighted by atomic mass is 35.5. The van der Waals surface area contributed by atoms with E-state index in [1.165, 1.54) is 13.2 Å². The van der Waals surface area contributed by atoms with Gasteiger partial charge < -0.3 is 14.8 Å². The molecule has 8 nitrogen and oxygen atoms in total. The van der Waals surface area contributed by atoms with Crippen LogP contribution in [0.2, 0.25) is 5.02 Å². The highest BCUT2D eigenvalue weighted by Crippen LogP contribution is 2.37. The Labute approximate surface area is 207 Å². The number of fused-ring (bicyclic) bond motifs is 1. The number of nitrogens with one attached hydrogen (secondary N) is 1. The third-order valence-electron chi connectivity index (χ3n) is 6.18. The maximum atomic E-state index is 13.2. The van der Waals surface area contributed by atoms with Gasteiger partial charge in [-0.2, -0.15) is 0 Å². The summed E-state index contributed by atoms with van der Waals surface area (Å²) in [7, 11) is 1.45. The van der Waals surface area contributed by atoms with Gasteiger partial charge in [-0.15, -0.1) is 0 Å². The fourth-order valence-corrected chi connectivity index (χ4v) is 4.62. The SMILES string of the molecule is COc1ccc(Cl)cc1NC(=O)COC(=O)[C@H](Cc1ccccc1)N1C(=O)[C@H]2CC=CC[C@H]2C1=O. The van der Waals surface area contributed by atoms with Gasteiger partial charge in [0, 0.05) is 11.4 Å². The number of nitrogens with zero attached hydrogens (tertiary/aromatic N) is 1. The molecule has 3 atom stereocenters. The van der Waals surface area contributed by atoms with Crippen molar-refractivity contribution in [3.8, 4) is 5.75 Å². The number of allylic oxidation sites excluding steroid dienone is 2. The van der Waals surface area contributed by atoms with Crippen molar-refractivity contribution in [3.05, 3.63) is 71.3 Å². The second kappa shape index (κ2) is 10.7. The van der Waals surface area contributed by atoms with E-state index < -0.39 is 36.4 Å². The molecule has 1 fully saturated rings. The minimum Gasteiger partial charge on any atom is -0.495 e. The smallest absolute Gasteiger partial charge is 0.330 e. The standard InChI is InChI=1S/C26H25ClN2O6/c1-34-22-12-11-17(27)14-20(22)28-23(30)15-35-26(33)21(13-16-7-3-2-4-8-16)29-24(31)18-9-5-6-10-19(18)25(29)32/h2-8,11-12,14,18-19,21H,9-10,13,15H2,1H3,(H,28,30)/t18-,19+,21-/m0/s1. The van der Waals surface area contributed by atoms with Crippen molar-refractivity contribution >= 4 is 41.0 Å². The van der Waals surface area contributed by atoms with E-state index >= 15 is 0 Å². The summed E-state index contributed by atoms with van der Waals surface area (Å²) in [6.07, 6.45) is 4.78. The summed E-state index contributed by atoms with van der Waals surface area (Å²) < 4.78 is 10.5. The number of carbonyl (C=O) groups excluding carboxylic acids is 4. The Morgan fingerprint density at radius 1 is 1.06 bits per heavy atom. The zero-order chi connectivity index (χ0) is 24.9. The van der Waals surface area contributed by atoms with Gasteiger partial charge in [-0.05, 0) is 36.6 Å². The van der Waals surface area contributed by atoms with Crippen molar-refractivity contribution in [2.75, 3.05) is 19.0 Å². The van der Waals surface area contributed by atoms with Crippen LogP contribution in [0.3, 0.4) is 0 Å². The van der Waals surface area contributed by atoms with E-state index in [1.54, 1.807) is 36.4 Å². The van der Waals surface area contributed by atoms with Crippen LogP contribution in [0.15, 0.2) is 60.7 Å². The molecular weight excluding hydrogens is 472 g/mol. The number of hydrogen-bond donors (Lipinski definition) is 1. The third kappa shape index (κ3) is 5.38. The van der Waals surface area contributed by atoms with Gasteiger partial charge in [0.2, 0.25) is 11.8 Å². The first-order valence-electron chi connectivity index (χ1n) is 11.2. The van der Waals surface area contributed by atoms with Gasteiger partial charge in [-0.25, -0.2) is 4.79 Å². The number of amides is 3. The van der Waals surface area contributed by atoms with Crippen LogP contribution in [0.5, 0.6) is 5.75 Å². The van der Waals surface area contributed by atoms with Gasteiger partial charge in [0.05, 0.1) is 24.6 Å². The monoisotopic (exact) mass is 496 g/mol. The largest absolute Gasteiger partial charge is 0.495 e. The van der Waals surface area contributed by atoms with Gasteiger partial charge >= 0.3 is 5.97 Å². The van der Waals surface area contributed by atoms with Crippen LogP contribution in [-0.4, -0.2) is 48.3 Å². The third-order valence-corrected chi connectivity index (χ3v) is 6.41. The molecule has 35 heavy (non-hydrogen) atoms. The van der Waals surface area contributed by atoms with E-state index in [-0.39, 0.29) is 18.2 Å². The molecule has 1 aliphatic carbocycles. The number of carbonyl (C=O) groups is 4. The Hall–Kier alpha value is -3.65. The molecule has 2 aliphatic rings. The van der Waals surface area contributed by atoms with Crippen LogP contribution in [0.4, 0.5) is 5.69 Å². The highest BCUT2D eigenvalue weighted by molar-refractivity contribution is 6.31. The van der Waals surface area contributed by atoms with Crippen molar-refractivity contribution in [1.29, 1.82) is 0 Å². The molecule has 1 aliphatic heterocycles. The molecule has 0 saturated carbocycles. The van der Waals surface area contributed by atoms with Crippen LogP contribution in [-0.2, 0) is 30.3 Å². The number of hydrogen-bond acceptors (Lipinski definition) is 6. The Bertz CT molecular complexity index is 1140. The molecule has 0 spiro atoms. The molecule has 2 aromatic carbocycles. The Morgan fingerprint density at radius 2 is 1.71 bits per heavy atom. The van der Waals surface area contributed by atoms with E-state index in [0.717, 1.165) is 10.5 Å². The second-order valence-corrected chi connectivity index (χ2v) is 8.84. The van der Waals surface area contributed by atoms with Crippen LogP contribution in [0.25, 0.3) is 0 Å². The first-order chi connectivity index (χ1) is 16.9. The van der Waals surface area contributed by atoms with E-state index in [1.807, 2.05) is 18.2 Å². The number of ether oxygens (including phenoxy) is 2. The number of halogens is 1. The zero-order valence-electron chi connectivity index (χ0n) is 19.1. The summed E-state index contributed by atoms with van der Waals surface area (Å²) >= 11 is 5.99. The Kier molecular flexibility index (Phi) is 7.51. The lowest BCUT2D eigenvalue weighted by molar-refractivity contribution is -0.160. The maximum absolute atomic E-state index is 13.2. The molecule has 0 unspecified atom stereocenters. The molecule has 1 N–H and O–H groups in total. The molecule has 182 valence electrons. The lowest BCUT2D eigenvalue weighted by atomic mass is 9.85. The second-order valence-electron chi connectivity index (χ2n) is 8.41. The van der Waals surface area contributed by atoms with Crippen LogP contribution in [0, 0.1) is 11.8 Å². The molecule has 9 heteroatoms. The fraction of sp³-hybridized carbons (Fsp3) is 0.308. The predicted molar refractivity (Wildman–Crippen MR) is 129 cm³/mol. The molecule has 3 amide bonds. The summed E-state index contributed by atoms with van der Waals surface area (Å²) in [5, 5.41) is 2.98. The van der Waals surface area contributed by atoms with E-state index in [0.29, 0.717) is 29.3 Å². The molecule has 0 bridgehead atoms. The molecule has 2 aromatic rings. The summed E-state index contributed by atoms with van der Waals surface area (Å²) in [4.78, 5) is 52.9. The van der Waals surface area contributed by atoms with Crippen LogP contribution < -0.4 is 10.1 Å². The molecule has 4 rings (SSSR count). The van der Waals surface area contributed by atoms with Crippen molar-refractivity contribution in [2.24, 2.45) is 11.8 Å². The normalized spacial score (nSPS) is 19.8. The lowest BCUT2D eigenvalue weighted by Crippen LogP contribution is -2.48. The van der Waals surface area contributed by atoms with Crippen LogP contribution >= 0.6 is 11.6 Å². The van der Waals surface area contributed by atoms with E-state index in [4.69, 9.17) is 21.1 Å². The molecule has 0 aromatic heterocycles. The molecule has 1 saturated heterocycles. The van der Waals surface area contributed by atoms with Gasteiger partial charge in [0.25, 0.3) is 5.91 Å². The van der Waals surface area contributed by atoms with Crippen molar-refractivity contribution in [1.82, 2.24) is 4.90 Å². The predicted octanol–water partition coefficient (Wildman–Crippen LogP) is 3.39. The lowest BCUT2D eigenvalue weighted by Gasteiger charge is -2.25. The molecule has 1 heterocycles. The summed E-state index contributed by atoms with van der Waals surface area (Å²) in [6.45, 7) is -0.607. The maximum Gasteiger partial charge on any atom is 0.330 e. The highest BCUT2D eigenvalue weighted by Gasteiger charge is 2.51. The van der Waals surface area contributed by atoms with Crippen LogP contribution in [0.1, 0.15) is 18.4 Å². The minimum absolute atomic E-state index is 0.0910. The van der Waals surface area contributed by atoms with Crippen molar-refractivity contribution in [3.63, 3.8) is 0 Å². The van der Waals surface area contributed by atoms with Gasteiger partial charge in [0.15, 0.2) is 6.61 Å². The number of anilines is 1. The summed E-state index contributed by atoms with van der Waals surface area (Å²) in [5.74, 6) is -2.76. The van der Waals surface area contributed by atoms with Gasteiger partial charge in [-0.3, -0.25) is 19.3 Å². The number of benzene rings is 2. The van der Waals surface area contributed by atoms with Gasteiger partial charge in [-0.1, -0.05) is 54.1 Å². The number of rotatable bonds is 8. The number of likely N-dealkylation sites (tertiary alicyclic amines) is 1. The number of methoxy groups -OCH3 is 1. The average Bonchev–Trinajstić information content (AvgIpc) is 3.12. The van der Waals surface area contributed by atoms with E-state index in [9.17, 15) is 19.2 Å². The van der Waals surface area contributed by atoms with Crippen molar-refractivity contribution in [2.45, 2.75) is 25.3 Å². The number of esters is 1.